The minimum absolute atomic E-state index is 0.0627. The van der Waals surface area contributed by atoms with Gasteiger partial charge in [0.15, 0.2) is 11.5 Å². The number of hydrogen-bond donors (Lipinski definition) is 1. The van der Waals surface area contributed by atoms with Crippen molar-refractivity contribution in [1.82, 2.24) is 10.2 Å². The Kier molecular flexibility index (Phi) is 8.02. The molecule has 0 spiro atoms. The lowest BCUT2D eigenvalue weighted by molar-refractivity contribution is -0.0498. The molecule has 0 aromatic heterocycles. The molecule has 0 aliphatic carbocycles. The van der Waals surface area contributed by atoms with E-state index in [4.69, 9.17) is 14.2 Å². The Morgan fingerprint density at radius 2 is 1.84 bits per heavy atom. The summed E-state index contributed by atoms with van der Waals surface area (Å²) in [5.41, 5.74) is 1.20. The van der Waals surface area contributed by atoms with Crippen LogP contribution in [0, 0.1) is 0 Å². The predicted molar refractivity (Wildman–Crippen MR) is 110 cm³/mol. The number of rotatable bonds is 9. The first-order chi connectivity index (χ1) is 15.0. The summed E-state index contributed by atoms with van der Waals surface area (Å²) in [6.07, 6.45) is 0. The second-order valence-electron chi connectivity index (χ2n) is 6.89. The van der Waals surface area contributed by atoms with Crippen LogP contribution >= 0.6 is 0 Å². The molecule has 9 heteroatoms. The first-order valence-electron chi connectivity index (χ1n) is 9.88. The number of halogens is 2. The molecule has 168 valence electrons. The topological polar surface area (TPSA) is 69.3 Å². The zero-order valence-electron chi connectivity index (χ0n) is 17.5. The van der Waals surface area contributed by atoms with Gasteiger partial charge in [-0.3, -0.25) is 9.69 Å². The van der Waals surface area contributed by atoms with Crippen LogP contribution in [0.25, 0.3) is 0 Å². The average Bonchev–Trinajstić information content (AvgIpc) is 2.79. The molecule has 2 aromatic rings. The number of carbonyl (C=O) groups excluding carboxylic acids is 1. The van der Waals surface area contributed by atoms with Gasteiger partial charge in [-0.15, -0.1) is 0 Å². The summed E-state index contributed by atoms with van der Waals surface area (Å²) >= 11 is 0. The van der Waals surface area contributed by atoms with Crippen LogP contribution in [-0.2, 0) is 4.74 Å². The van der Waals surface area contributed by atoms with Gasteiger partial charge in [0.1, 0.15) is 5.75 Å². The number of methoxy groups -OCH3 is 2. The average molecular weight is 436 g/mol. The SMILES string of the molecule is COc1ccc(C(CNC(=O)c2cccc(OC(F)F)c2)N2CCOCC2)cc1OC. The smallest absolute Gasteiger partial charge is 0.387 e. The van der Waals surface area contributed by atoms with Crippen LogP contribution in [0.1, 0.15) is 22.0 Å². The molecule has 0 bridgehead atoms. The van der Waals surface area contributed by atoms with Crippen molar-refractivity contribution in [2.24, 2.45) is 0 Å². The predicted octanol–water partition coefficient (Wildman–Crippen LogP) is 3.11. The number of morpholine rings is 1. The number of carbonyl (C=O) groups is 1. The first kappa shape index (κ1) is 22.8. The van der Waals surface area contributed by atoms with E-state index < -0.39 is 6.61 Å². The van der Waals surface area contributed by atoms with E-state index in [1.807, 2.05) is 18.2 Å². The number of benzene rings is 2. The minimum Gasteiger partial charge on any atom is -0.493 e. The fourth-order valence-corrected chi connectivity index (χ4v) is 3.51. The Labute approximate surface area is 179 Å². The molecule has 0 saturated carbocycles. The highest BCUT2D eigenvalue weighted by Gasteiger charge is 2.24. The maximum Gasteiger partial charge on any atom is 0.387 e. The van der Waals surface area contributed by atoms with Crippen molar-refractivity contribution in [3.8, 4) is 17.2 Å². The highest BCUT2D eigenvalue weighted by Crippen LogP contribution is 2.32. The third kappa shape index (κ3) is 6.05. The molecule has 7 nitrogen and oxygen atoms in total. The third-order valence-corrected chi connectivity index (χ3v) is 5.06. The molecule has 1 amide bonds. The van der Waals surface area contributed by atoms with Gasteiger partial charge in [0.2, 0.25) is 0 Å². The summed E-state index contributed by atoms with van der Waals surface area (Å²) in [4.78, 5) is 14.9. The first-order valence-corrected chi connectivity index (χ1v) is 9.88. The summed E-state index contributed by atoms with van der Waals surface area (Å²) in [5, 5.41) is 2.90. The number of nitrogens with one attached hydrogen (secondary N) is 1. The lowest BCUT2D eigenvalue weighted by Gasteiger charge is -2.35. The number of ether oxygens (including phenoxy) is 4. The summed E-state index contributed by atoms with van der Waals surface area (Å²) in [7, 11) is 3.14. The van der Waals surface area contributed by atoms with E-state index in [2.05, 4.69) is 15.0 Å². The second kappa shape index (κ2) is 10.9. The molecule has 1 aliphatic rings. The van der Waals surface area contributed by atoms with E-state index in [0.717, 1.165) is 5.56 Å². The molecule has 1 unspecified atom stereocenters. The van der Waals surface area contributed by atoms with E-state index in [0.29, 0.717) is 44.3 Å². The van der Waals surface area contributed by atoms with Gasteiger partial charge in [-0.05, 0) is 35.9 Å². The Balaban J connectivity index is 1.77. The lowest BCUT2D eigenvalue weighted by atomic mass is 10.0. The van der Waals surface area contributed by atoms with Crippen LogP contribution in [-0.4, -0.2) is 64.5 Å². The summed E-state index contributed by atoms with van der Waals surface area (Å²) in [6.45, 7) is -0.00258. The maximum absolute atomic E-state index is 12.7. The standard InChI is InChI=1S/C22H26F2N2O5/c1-28-19-7-6-15(13-20(19)29-2)18(26-8-10-30-11-9-26)14-25-21(27)16-4-3-5-17(12-16)31-22(23)24/h3-7,12-13,18,22H,8-11,14H2,1-2H3,(H,25,27). The van der Waals surface area contributed by atoms with E-state index >= 15 is 0 Å². The van der Waals surface area contributed by atoms with Gasteiger partial charge < -0.3 is 24.3 Å². The second-order valence-corrected chi connectivity index (χ2v) is 6.89. The number of hydrogen-bond acceptors (Lipinski definition) is 6. The number of amides is 1. The van der Waals surface area contributed by atoms with Crippen molar-refractivity contribution >= 4 is 5.91 Å². The van der Waals surface area contributed by atoms with Gasteiger partial charge in [-0.2, -0.15) is 8.78 Å². The van der Waals surface area contributed by atoms with Crippen LogP contribution < -0.4 is 19.5 Å². The monoisotopic (exact) mass is 436 g/mol. The third-order valence-electron chi connectivity index (χ3n) is 5.06. The highest BCUT2D eigenvalue weighted by molar-refractivity contribution is 5.94. The Bertz CT molecular complexity index is 875. The zero-order valence-corrected chi connectivity index (χ0v) is 17.5. The van der Waals surface area contributed by atoms with Crippen molar-refractivity contribution in [3.63, 3.8) is 0 Å². The summed E-state index contributed by atoms with van der Waals surface area (Å²) in [6, 6.07) is 11.2. The van der Waals surface area contributed by atoms with Crippen molar-refractivity contribution in [1.29, 1.82) is 0 Å². The fourth-order valence-electron chi connectivity index (χ4n) is 3.51. The Morgan fingerprint density at radius 1 is 1.10 bits per heavy atom. The fraction of sp³-hybridized carbons (Fsp3) is 0.409. The summed E-state index contributed by atoms with van der Waals surface area (Å²) < 4.78 is 45.5. The number of nitrogens with zero attached hydrogens (tertiary/aromatic N) is 1. The van der Waals surface area contributed by atoms with Crippen LogP contribution in [0.3, 0.4) is 0 Å². The van der Waals surface area contributed by atoms with E-state index in [1.54, 1.807) is 20.3 Å². The van der Waals surface area contributed by atoms with Crippen molar-refractivity contribution < 1.29 is 32.5 Å². The van der Waals surface area contributed by atoms with Gasteiger partial charge in [-0.25, -0.2) is 0 Å². The lowest BCUT2D eigenvalue weighted by Crippen LogP contribution is -2.43. The molecule has 1 aliphatic heterocycles. The Morgan fingerprint density at radius 3 is 2.52 bits per heavy atom. The van der Waals surface area contributed by atoms with Crippen LogP contribution in [0.5, 0.6) is 17.2 Å². The molecular weight excluding hydrogens is 410 g/mol. The molecule has 1 heterocycles. The summed E-state index contributed by atoms with van der Waals surface area (Å²) in [5.74, 6) is 0.777. The molecule has 31 heavy (non-hydrogen) atoms. The molecule has 1 saturated heterocycles. The molecular formula is C22H26F2N2O5. The van der Waals surface area contributed by atoms with Crippen LogP contribution in [0.4, 0.5) is 8.78 Å². The quantitative estimate of drug-likeness (QED) is 0.652. The van der Waals surface area contributed by atoms with Crippen LogP contribution in [0.2, 0.25) is 0 Å². The molecule has 0 radical (unpaired) electrons. The van der Waals surface area contributed by atoms with Gasteiger partial charge in [0.05, 0.1) is 33.5 Å². The van der Waals surface area contributed by atoms with Crippen molar-refractivity contribution in [2.45, 2.75) is 12.7 Å². The molecule has 1 N–H and O–H groups in total. The Hall–Kier alpha value is -2.91. The minimum atomic E-state index is -2.95. The molecule has 1 fully saturated rings. The van der Waals surface area contributed by atoms with Crippen LogP contribution in [0.15, 0.2) is 42.5 Å². The largest absolute Gasteiger partial charge is 0.493 e. The van der Waals surface area contributed by atoms with Gasteiger partial charge >= 0.3 is 6.61 Å². The van der Waals surface area contributed by atoms with Gasteiger partial charge in [0.25, 0.3) is 5.91 Å². The molecule has 1 atom stereocenters. The normalized spacial score (nSPS) is 15.4. The van der Waals surface area contributed by atoms with Gasteiger partial charge in [-0.1, -0.05) is 12.1 Å². The van der Waals surface area contributed by atoms with E-state index in [1.165, 1.54) is 18.2 Å². The van der Waals surface area contributed by atoms with Crippen molar-refractivity contribution in [3.05, 3.63) is 53.6 Å². The van der Waals surface area contributed by atoms with E-state index in [9.17, 15) is 13.6 Å². The van der Waals surface area contributed by atoms with Gasteiger partial charge in [0, 0.05) is 25.2 Å². The zero-order chi connectivity index (χ0) is 22.2. The van der Waals surface area contributed by atoms with E-state index in [-0.39, 0.29) is 23.3 Å². The molecule has 2 aromatic carbocycles. The number of alkyl halides is 2. The molecule has 3 rings (SSSR count). The van der Waals surface area contributed by atoms with Crippen molar-refractivity contribution in [2.75, 3.05) is 47.1 Å². The maximum atomic E-state index is 12.7. The highest BCUT2D eigenvalue weighted by atomic mass is 19.3.